The largest absolute Gasteiger partial charge is 0.349 e. The smallest absolute Gasteiger partial charge is 0.261 e. The van der Waals surface area contributed by atoms with Crippen LogP contribution in [-0.4, -0.2) is 20.4 Å². The lowest BCUT2D eigenvalue weighted by atomic mass is 10.1. The van der Waals surface area contributed by atoms with Crippen molar-refractivity contribution in [1.82, 2.24) is 5.32 Å². The Morgan fingerprint density at radius 1 is 1.07 bits per heavy atom. The zero-order valence-electron chi connectivity index (χ0n) is 16.3. The second-order valence-electron chi connectivity index (χ2n) is 7.39. The van der Waals surface area contributed by atoms with Crippen LogP contribution in [0.15, 0.2) is 53.4 Å². The fourth-order valence-corrected chi connectivity index (χ4v) is 4.58. The van der Waals surface area contributed by atoms with Gasteiger partial charge in [-0.05, 0) is 61.6 Å². The molecule has 1 aliphatic carbocycles. The standard InChI is InChI=1S/C22H28N2O3S/c1-2-3-7-17-12-14-20(15-13-17)24-28(26,27)21-11-6-8-18(16-21)22(25)23-19-9-4-5-10-19/h6,8,11-16,19,24H,2-5,7,9-10H2,1H3,(H,23,25). The predicted molar refractivity (Wildman–Crippen MR) is 112 cm³/mol. The zero-order valence-corrected chi connectivity index (χ0v) is 17.1. The molecule has 0 saturated heterocycles. The molecule has 0 aliphatic heterocycles. The van der Waals surface area contributed by atoms with E-state index in [-0.39, 0.29) is 16.8 Å². The molecule has 2 aromatic rings. The summed E-state index contributed by atoms with van der Waals surface area (Å²) >= 11 is 0. The third-order valence-electron chi connectivity index (χ3n) is 5.12. The quantitative estimate of drug-likeness (QED) is 0.685. The minimum Gasteiger partial charge on any atom is -0.349 e. The summed E-state index contributed by atoms with van der Waals surface area (Å²) in [6.45, 7) is 2.14. The van der Waals surface area contributed by atoms with Crippen LogP contribution < -0.4 is 10.0 Å². The molecule has 0 heterocycles. The molecule has 28 heavy (non-hydrogen) atoms. The molecule has 0 unspecified atom stereocenters. The van der Waals surface area contributed by atoms with E-state index >= 15 is 0 Å². The predicted octanol–water partition coefficient (Wildman–Crippen LogP) is 4.50. The Kier molecular flexibility index (Phi) is 6.73. The van der Waals surface area contributed by atoms with Gasteiger partial charge >= 0.3 is 0 Å². The monoisotopic (exact) mass is 400 g/mol. The van der Waals surface area contributed by atoms with Crippen molar-refractivity contribution in [3.05, 3.63) is 59.7 Å². The molecule has 3 rings (SSSR count). The average molecular weight is 401 g/mol. The number of benzene rings is 2. The number of nitrogens with one attached hydrogen (secondary N) is 2. The number of rotatable bonds is 8. The number of amides is 1. The normalized spacial score (nSPS) is 14.8. The first-order valence-corrected chi connectivity index (χ1v) is 11.5. The highest BCUT2D eigenvalue weighted by Gasteiger charge is 2.20. The van der Waals surface area contributed by atoms with E-state index in [9.17, 15) is 13.2 Å². The summed E-state index contributed by atoms with van der Waals surface area (Å²) in [5.74, 6) is -0.218. The number of anilines is 1. The Morgan fingerprint density at radius 3 is 2.46 bits per heavy atom. The molecule has 1 amide bonds. The topological polar surface area (TPSA) is 75.3 Å². The summed E-state index contributed by atoms with van der Waals surface area (Å²) in [5, 5.41) is 2.99. The van der Waals surface area contributed by atoms with Crippen molar-refractivity contribution >= 4 is 21.6 Å². The molecule has 1 aliphatic rings. The van der Waals surface area contributed by atoms with Crippen molar-refractivity contribution in [2.24, 2.45) is 0 Å². The minimum absolute atomic E-state index is 0.0848. The second-order valence-corrected chi connectivity index (χ2v) is 9.07. The number of unbranched alkanes of at least 4 members (excludes halogenated alkanes) is 1. The third kappa shape index (κ3) is 5.35. The number of carbonyl (C=O) groups excluding carboxylic acids is 1. The average Bonchev–Trinajstić information content (AvgIpc) is 3.20. The maximum atomic E-state index is 12.7. The number of hydrogen-bond acceptors (Lipinski definition) is 3. The van der Waals surface area contributed by atoms with Crippen LogP contribution in [0.2, 0.25) is 0 Å². The summed E-state index contributed by atoms with van der Waals surface area (Å²) in [4.78, 5) is 12.5. The van der Waals surface area contributed by atoms with Gasteiger partial charge in [-0.25, -0.2) is 8.42 Å². The Balaban J connectivity index is 1.70. The van der Waals surface area contributed by atoms with Gasteiger partial charge in [0.05, 0.1) is 4.90 Å². The van der Waals surface area contributed by atoms with E-state index in [1.807, 2.05) is 12.1 Å². The van der Waals surface area contributed by atoms with Gasteiger partial charge in [-0.2, -0.15) is 0 Å². The number of sulfonamides is 1. The third-order valence-corrected chi connectivity index (χ3v) is 6.50. The van der Waals surface area contributed by atoms with Crippen molar-refractivity contribution in [3.63, 3.8) is 0 Å². The number of aryl methyl sites for hydroxylation is 1. The van der Waals surface area contributed by atoms with E-state index in [0.717, 1.165) is 44.9 Å². The molecule has 0 atom stereocenters. The van der Waals surface area contributed by atoms with E-state index in [4.69, 9.17) is 0 Å². The summed E-state index contributed by atoms with van der Waals surface area (Å²) in [5.41, 5.74) is 2.07. The van der Waals surface area contributed by atoms with Crippen LogP contribution in [-0.2, 0) is 16.4 Å². The van der Waals surface area contributed by atoms with Crippen LogP contribution in [0.5, 0.6) is 0 Å². The van der Waals surface area contributed by atoms with Crippen LogP contribution in [0.4, 0.5) is 5.69 Å². The van der Waals surface area contributed by atoms with E-state index in [2.05, 4.69) is 17.0 Å². The minimum atomic E-state index is -3.76. The molecule has 1 saturated carbocycles. The molecule has 2 aromatic carbocycles. The zero-order chi connectivity index (χ0) is 20.0. The van der Waals surface area contributed by atoms with E-state index in [1.54, 1.807) is 24.3 Å². The SMILES string of the molecule is CCCCc1ccc(NS(=O)(=O)c2cccc(C(=O)NC3CCCC3)c2)cc1. The summed E-state index contributed by atoms with van der Waals surface area (Å²) in [6, 6.07) is 13.8. The van der Waals surface area contributed by atoms with Gasteiger partial charge in [-0.1, -0.05) is 44.4 Å². The van der Waals surface area contributed by atoms with Crippen LogP contribution >= 0.6 is 0 Å². The molecule has 5 nitrogen and oxygen atoms in total. The van der Waals surface area contributed by atoms with Crippen molar-refractivity contribution in [2.75, 3.05) is 4.72 Å². The molecule has 0 bridgehead atoms. The van der Waals surface area contributed by atoms with Gasteiger partial charge in [0.25, 0.3) is 15.9 Å². The van der Waals surface area contributed by atoms with Crippen molar-refractivity contribution in [1.29, 1.82) is 0 Å². The van der Waals surface area contributed by atoms with E-state index in [1.165, 1.54) is 17.7 Å². The van der Waals surface area contributed by atoms with E-state index < -0.39 is 10.0 Å². The highest BCUT2D eigenvalue weighted by atomic mass is 32.2. The highest BCUT2D eigenvalue weighted by Crippen LogP contribution is 2.20. The Labute approximate surface area is 167 Å². The van der Waals surface area contributed by atoms with Crippen molar-refractivity contribution < 1.29 is 13.2 Å². The van der Waals surface area contributed by atoms with Gasteiger partial charge in [0.15, 0.2) is 0 Å². The van der Waals surface area contributed by atoms with Gasteiger partial charge in [0.2, 0.25) is 0 Å². The van der Waals surface area contributed by atoms with Crippen LogP contribution in [0.1, 0.15) is 61.4 Å². The highest BCUT2D eigenvalue weighted by molar-refractivity contribution is 7.92. The van der Waals surface area contributed by atoms with Crippen molar-refractivity contribution in [3.8, 4) is 0 Å². The molecule has 150 valence electrons. The first-order valence-electron chi connectivity index (χ1n) is 10.0. The first-order chi connectivity index (χ1) is 13.5. The maximum absolute atomic E-state index is 12.7. The Morgan fingerprint density at radius 2 is 1.79 bits per heavy atom. The lowest BCUT2D eigenvalue weighted by molar-refractivity contribution is 0.0937. The van der Waals surface area contributed by atoms with Gasteiger partial charge in [0, 0.05) is 17.3 Å². The van der Waals surface area contributed by atoms with Crippen LogP contribution in [0.25, 0.3) is 0 Å². The van der Waals surface area contributed by atoms with Gasteiger partial charge < -0.3 is 5.32 Å². The van der Waals surface area contributed by atoms with Gasteiger partial charge in [-0.3, -0.25) is 9.52 Å². The fraction of sp³-hybridized carbons (Fsp3) is 0.409. The number of carbonyl (C=O) groups is 1. The molecule has 1 fully saturated rings. The number of hydrogen-bond donors (Lipinski definition) is 2. The lowest BCUT2D eigenvalue weighted by Crippen LogP contribution is -2.32. The summed E-state index contributed by atoms with van der Waals surface area (Å²) in [7, 11) is -3.76. The summed E-state index contributed by atoms with van der Waals surface area (Å²) < 4.78 is 28.1. The Bertz CT molecular complexity index is 902. The molecular formula is C22H28N2O3S. The van der Waals surface area contributed by atoms with Crippen molar-refractivity contribution in [2.45, 2.75) is 62.8 Å². The lowest BCUT2D eigenvalue weighted by Gasteiger charge is -2.13. The fourth-order valence-electron chi connectivity index (χ4n) is 3.48. The Hall–Kier alpha value is -2.34. The van der Waals surface area contributed by atoms with Crippen LogP contribution in [0.3, 0.4) is 0 Å². The van der Waals surface area contributed by atoms with Gasteiger partial charge in [0.1, 0.15) is 0 Å². The first kappa shape index (κ1) is 20.4. The maximum Gasteiger partial charge on any atom is 0.261 e. The molecule has 0 radical (unpaired) electrons. The van der Waals surface area contributed by atoms with Gasteiger partial charge in [-0.15, -0.1) is 0 Å². The molecule has 0 aromatic heterocycles. The second kappa shape index (κ2) is 9.24. The molecule has 2 N–H and O–H groups in total. The summed E-state index contributed by atoms with van der Waals surface area (Å²) in [6.07, 6.45) is 7.45. The molecule has 6 heteroatoms. The van der Waals surface area contributed by atoms with E-state index in [0.29, 0.717) is 11.3 Å². The van der Waals surface area contributed by atoms with Crippen LogP contribution in [0, 0.1) is 0 Å². The molecule has 0 spiro atoms. The molecular weight excluding hydrogens is 372 g/mol.